The Morgan fingerprint density at radius 1 is 1.10 bits per heavy atom. The molecule has 0 saturated carbocycles. The van der Waals surface area contributed by atoms with Gasteiger partial charge in [-0.1, -0.05) is 45.9 Å². The Bertz CT molecular complexity index is 390. The lowest BCUT2D eigenvalue weighted by Crippen LogP contribution is -2.40. The van der Waals surface area contributed by atoms with E-state index >= 15 is 0 Å². The van der Waals surface area contributed by atoms with Crippen molar-refractivity contribution in [1.29, 1.82) is 0 Å². The van der Waals surface area contributed by atoms with Crippen LogP contribution >= 0.6 is 0 Å². The van der Waals surface area contributed by atoms with Gasteiger partial charge in [-0.25, -0.2) is 4.39 Å². The highest BCUT2D eigenvalue weighted by molar-refractivity contribution is 5.20. The molecule has 0 spiro atoms. The van der Waals surface area contributed by atoms with E-state index in [4.69, 9.17) is 0 Å². The summed E-state index contributed by atoms with van der Waals surface area (Å²) in [6.07, 6.45) is 1.33. The third-order valence-corrected chi connectivity index (χ3v) is 3.73. The van der Waals surface area contributed by atoms with Crippen LogP contribution in [0.5, 0.6) is 0 Å². The summed E-state index contributed by atoms with van der Waals surface area (Å²) in [6, 6.07) is 6.94. The molecule has 0 aliphatic rings. The summed E-state index contributed by atoms with van der Waals surface area (Å²) >= 11 is 0. The van der Waals surface area contributed by atoms with E-state index in [9.17, 15) is 9.50 Å². The number of nitrogens with zero attached hydrogens (tertiary/aromatic N) is 1. The molecule has 1 aromatic rings. The zero-order valence-electron chi connectivity index (χ0n) is 13.1. The van der Waals surface area contributed by atoms with Gasteiger partial charge >= 0.3 is 0 Å². The van der Waals surface area contributed by atoms with Crippen LogP contribution in [0.1, 0.15) is 52.2 Å². The van der Waals surface area contributed by atoms with Crippen molar-refractivity contribution in [2.24, 2.45) is 5.92 Å². The van der Waals surface area contributed by atoms with Gasteiger partial charge in [-0.05, 0) is 24.8 Å². The van der Waals surface area contributed by atoms with Crippen molar-refractivity contribution in [3.8, 4) is 0 Å². The quantitative estimate of drug-likeness (QED) is 0.778. The Kier molecular flexibility index (Phi) is 7.17. The summed E-state index contributed by atoms with van der Waals surface area (Å²) in [7, 11) is 0. The Labute approximate surface area is 122 Å². The van der Waals surface area contributed by atoms with Gasteiger partial charge in [0.05, 0.1) is 6.10 Å². The largest absolute Gasteiger partial charge is 0.387 e. The molecule has 0 bridgehead atoms. The maximum absolute atomic E-state index is 13.7. The van der Waals surface area contributed by atoms with Gasteiger partial charge in [-0.2, -0.15) is 0 Å². The standard InChI is InChI=1S/C17H28FNO/c1-5-14(6-2)19(11-13(3)4)12-17(20)15-9-7-8-10-16(15)18/h7-10,13-14,17,20H,5-6,11-12H2,1-4H3. The molecule has 0 fully saturated rings. The second kappa shape index (κ2) is 8.38. The third-order valence-electron chi connectivity index (χ3n) is 3.73. The number of rotatable bonds is 8. The fourth-order valence-corrected chi connectivity index (χ4v) is 2.71. The third kappa shape index (κ3) is 4.88. The molecule has 0 aliphatic heterocycles. The van der Waals surface area contributed by atoms with Crippen LogP contribution in [0.3, 0.4) is 0 Å². The molecular formula is C17H28FNO. The summed E-state index contributed by atoms with van der Waals surface area (Å²) in [6.45, 7) is 10.1. The average Bonchev–Trinajstić information content (AvgIpc) is 2.39. The minimum atomic E-state index is -0.768. The molecular weight excluding hydrogens is 253 g/mol. The zero-order chi connectivity index (χ0) is 15.1. The Hall–Kier alpha value is -0.930. The molecule has 2 nitrogen and oxygen atoms in total. The number of aliphatic hydroxyl groups is 1. The molecule has 1 atom stereocenters. The second-order valence-corrected chi connectivity index (χ2v) is 5.86. The first-order chi connectivity index (χ1) is 9.49. The minimum absolute atomic E-state index is 0.325. The molecule has 3 heteroatoms. The van der Waals surface area contributed by atoms with Crippen molar-refractivity contribution in [2.75, 3.05) is 13.1 Å². The first kappa shape index (κ1) is 17.1. The predicted molar refractivity (Wildman–Crippen MR) is 82.1 cm³/mol. The van der Waals surface area contributed by atoms with Gasteiger partial charge in [0.25, 0.3) is 0 Å². The van der Waals surface area contributed by atoms with Crippen LogP contribution in [0.15, 0.2) is 24.3 Å². The highest BCUT2D eigenvalue weighted by atomic mass is 19.1. The molecule has 0 amide bonds. The summed E-state index contributed by atoms with van der Waals surface area (Å²) in [5, 5.41) is 10.3. The lowest BCUT2D eigenvalue weighted by Gasteiger charge is -2.33. The Balaban J connectivity index is 2.80. The van der Waals surface area contributed by atoms with E-state index in [2.05, 4.69) is 32.6 Å². The van der Waals surface area contributed by atoms with Crippen LogP contribution in [-0.2, 0) is 0 Å². The van der Waals surface area contributed by atoms with Gasteiger partial charge in [-0.3, -0.25) is 4.90 Å². The van der Waals surface area contributed by atoms with Crippen LogP contribution < -0.4 is 0 Å². The van der Waals surface area contributed by atoms with E-state index in [0.29, 0.717) is 24.1 Å². The maximum atomic E-state index is 13.7. The van der Waals surface area contributed by atoms with Crippen molar-refractivity contribution in [3.05, 3.63) is 35.6 Å². The molecule has 20 heavy (non-hydrogen) atoms. The van der Waals surface area contributed by atoms with Crippen LogP contribution in [0.25, 0.3) is 0 Å². The molecule has 0 aromatic heterocycles. The van der Waals surface area contributed by atoms with Crippen molar-refractivity contribution in [2.45, 2.75) is 52.7 Å². The number of hydrogen-bond donors (Lipinski definition) is 1. The predicted octanol–water partition coefficient (Wildman–Crippen LogP) is 4.01. The van der Waals surface area contributed by atoms with Crippen molar-refractivity contribution >= 4 is 0 Å². The zero-order valence-corrected chi connectivity index (χ0v) is 13.1. The molecule has 1 unspecified atom stereocenters. The molecule has 0 aliphatic carbocycles. The van der Waals surface area contributed by atoms with Gasteiger partial charge in [0.15, 0.2) is 0 Å². The van der Waals surface area contributed by atoms with E-state index < -0.39 is 6.10 Å². The number of aliphatic hydroxyl groups excluding tert-OH is 1. The summed E-state index contributed by atoms with van der Waals surface area (Å²) < 4.78 is 13.7. The van der Waals surface area contributed by atoms with E-state index in [0.717, 1.165) is 19.4 Å². The second-order valence-electron chi connectivity index (χ2n) is 5.86. The maximum Gasteiger partial charge on any atom is 0.129 e. The van der Waals surface area contributed by atoms with Crippen molar-refractivity contribution in [3.63, 3.8) is 0 Å². The van der Waals surface area contributed by atoms with E-state index in [-0.39, 0.29) is 5.82 Å². The molecule has 1 rings (SSSR count). The smallest absolute Gasteiger partial charge is 0.129 e. The van der Waals surface area contributed by atoms with E-state index in [1.807, 2.05) is 0 Å². The molecule has 1 aromatic carbocycles. The van der Waals surface area contributed by atoms with Gasteiger partial charge < -0.3 is 5.11 Å². The monoisotopic (exact) mass is 281 g/mol. The Morgan fingerprint density at radius 3 is 2.20 bits per heavy atom. The first-order valence-electron chi connectivity index (χ1n) is 7.66. The van der Waals surface area contributed by atoms with Crippen molar-refractivity contribution < 1.29 is 9.50 Å². The van der Waals surface area contributed by atoms with Crippen LogP contribution in [0.2, 0.25) is 0 Å². The fraction of sp³-hybridized carbons (Fsp3) is 0.647. The van der Waals surface area contributed by atoms with E-state index in [1.54, 1.807) is 18.2 Å². The molecule has 0 saturated heterocycles. The van der Waals surface area contributed by atoms with Gasteiger partial charge in [-0.15, -0.1) is 0 Å². The number of halogens is 1. The summed E-state index contributed by atoms with van der Waals surface area (Å²) in [5.74, 6) is 0.206. The molecule has 114 valence electrons. The number of benzene rings is 1. The topological polar surface area (TPSA) is 23.5 Å². The number of hydrogen-bond acceptors (Lipinski definition) is 2. The summed E-state index contributed by atoms with van der Waals surface area (Å²) in [5.41, 5.74) is 0.396. The highest BCUT2D eigenvalue weighted by Gasteiger charge is 2.21. The lowest BCUT2D eigenvalue weighted by molar-refractivity contribution is 0.0731. The minimum Gasteiger partial charge on any atom is -0.387 e. The molecule has 0 heterocycles. The molecule has 0 radical (unpaired) electrons. The highest BCUT2D eigenvalue weighted by Crippen LogP contribution is 2.21. The van der Waals surface area contributed by atoms with Crippen molar-refractivity contribution in [1.82, 2.24) is 4.90 Å². The van der Waals surface area contributed by atoms with Gasteiger partial charge in [0.1, 0.15) is 5.82 Å². The first-order valence-corrected chi connectivity index (χ1v) is 7.66. The summed E-state index contributed by atoms with van der Waals surface area (Å²) in [4.78, 5) is 2.29. The van der Waals surface area contributed by atoms with Crippen LogP contribution in [0.4, 0.5) is 4.39 Å². The average molecular weight is 281 g/mol. The van der Waals surface area contributed by atoms with Crippen LogP contribution in [0, 0.1) is 11.7 Å². The SMILES string of the molecule is CCC(CC)N(CC(C)C)CC(O)c1ccccc1F. The normalized spacial score (nSPS) is 13.4. The lowest BCUT2D eigenvalue weighted by atomic mass is 10.0. The van der Waals surface area contributed by atoms with Gasteiger partial charge in [0, 0.05) is 24.7 Å². The fourth-order valence-electron chi connectivity index (χ4n) is 2.71. The Morgan fingerprint density at radius 2 is 1.70 bits per heavy atom. The molecule has 1 N–H and O–H groups in total. The van der Waals surface area contributed by atoms with Gasteiger partial charge in [0.2, 0.25) is 0 Å². The van der Waals surface area contributed by atoms with E-state index in [1.165, 1.54) is 6.07 Å². The van der Waals surface area contributed by atoms with Crippen LogP contribution in [-0.4, -0.2) is 29.1 Å².